The Hall–Kier alpha value is -1.77. The summed E-state index contributed by atoms with van der Waals surface area (Å²) in [5.41, 5.74) is 3.45. The largest absolute Gasteiger partial charge is 0.488 e. The van der Waals surface area contributed by atoms with Crippen molar-refractivity contribution < 1.29 is 4.74 Å². The van der Waals surface area contributed by atoms with E-state index in [1.165, 1.54) is 11.1 Å². The highest BCUT2D eigenvalue weighted by molar-refractivity contribution is 5.39. The lowest BCUT2D eigenvalue weighted by molar-refractivity contribution is 0.302. The summed E-state index contributed by atoms with van der Waals surface area (Å²) < 4.78 is 7.76. The first-order chi connectivity index (χ1) is 8.20. The van der Waals surface area contributed by atoms with E-state index < -0.39 is 0 Å². The summed E-state index contributed by atoms with van der Waals surface area (Å²) in [6.45, 7) is 7.67. The Labute approximate surface area is 102 Å². The lowest BCUT2D eigenvalue weighted by Crippen LogP contribution is -1.98. The maximum absolute atomic E-state index is 5.86. The highest BCUT2D eigenvalue weighted by atomic mass is 16.5. The Morgan fingerprint density at radius 2 is 1.94 bits per heavy atom. The van der Waals surface area contributed by atoms with Gasteiger partial charge < -0.3 is 4.74 Å². The molecule has 90 valence electrons. The summed E-state index contributed by atoms with van der Waals surface area (Å²) in [7, 11) is 0. The van der Waals surface area contributed by atoms with Crippen LogP contribution in [0.25, 0.3) is 0 Å². The molecule has 0 aliphatic heterocycles. The number of aromatic nitrogens is 2. The summed E-state index contributed by atoms with van der Waals surface area (Å²) in [6, 6.07) is 6.18. The van der Waals surface area contributed by atoms with Crippen molar-refractivity contribution >= 4 is 0 Å². The van der Waals surface area contributed by atoms with Gasteiger partial charge >= 0.3 is 0 Å². The molecule has 0 fully saturated rings. The third kappa shape index (κ3) is 2.67. The number of ether oxygens (including phenoxy) is 1. The fourth-order valence-corrected chi connectivity index (χ4v) is 1.84. The van der Waals surface area contributed by atoms with Crippen LogP contribution in [0.5, 0.6) is 5.75 Å². The van der Waals surface area contributed by atoms with E-state index in [-0.39, 0.29) is 0 Å². The number of hydrogen-bond acceptors (Lipinski definition) is 2. The van der Waals surface area contributed by atoms with Gasteiger partial charge in [0, 0.05) is 18.3 Å². The van der Waals surface area contributed by atoms with E-state index in [9.17, 15) is 0 Å². The van der Waals surface area contributed by atoms with E-state index in [2.05, 4.69) is 38.0 Å². The third-order valence-corrected chi connectivity index (χ3v) is 2.80. The molecule has 0 aliphatic rings. The van der Waals surface area contributed by atoms with Gasteiger partial charge in [-0.25, -0.2) is 0 Å². The quantitative estimate of drug-likeness (QED) is 0.807. The first-order valence-electron chi connectivity index (χ1n) is 5.91. The van der Waals surface area contributed by atoms with Gasteiger partial charge in [-0.2, -0.15) is 5.10 Å². The van der Waals surface area contributed by atoms with Crippen LogP contribution in [-0.4, -0.2) is 9.78 Å². The zero-order valence-corrected chi connectivity index (χ0v) is 10.6. The Balaban J connectivity index is 2.07. The monoisotopic (exact) mass is 230 g/mol. The number of aryl methyl sites for hydroxylation is 3. The minimum absolute atomic E-state index is 0.575. The van der Waals surface area contributed by atoms with Crippen LogP contribution < -0.4 is 4.74 Å². The number of hydrogen-bond donors (Lipinski definition) is 0. The van der Waals surface area contributed by atoms with E-state index >= 15 is 0 Å². The van der Waals surface area contributed by atoms with Gasteiger partial charge in [0.25, 0.3) is 0 Å². The van der Waals surface area contributed by atoms with Crippen molar-refractivity contribution in [2.24, 2.45) is 0 Å². The normalized spacial score (nSPS) is 10.5. The topological polar surface area (TPSA) is 27.1 Å². The zero-order chi connectivity index (χ0) is 12.3. The SMILES string of the molecule is CCn1cc(COc2c(C)cccc2C)cn1. The fourth-order valence-electron chi connectivity index (χ4n) is 1.84. The van der Waals surface area contributed by atoms with Gasteiger partial charge in [-0.1, -0.05) is 18.2 Å². The van der Waals surface area contributed by atoms with Crippen molar-refractivity contribution in [2.75, 3.05) is 0 Å². The van der Waals surface area contributed by atoms with E-state index in [0.29, 0.717) is 6.61 Å². The van der Waals surface area contributed by atoms with Crippen LogP contribution in [0.4, 0.5) is 0 Å². The molecule has 2 rings (SSSR count). The van der Waals surface area contributed by atoms with Gasteiger partial charge in [-0.15, -0.1) is 0 Å². The summed E-state index contributed by atoms with van der Waals surface area (Å²) in [6.07, 6.45) is 3.88. The Morgan fingerprint density at radius 1 is 1.24 bits per heavy atom. The molecule has 1 aromatic heterocycles. The number of benzene rings is 1. The molecule has 3 heteroatoms. The van der Waals surface area contributed by atoms with E-state index in [1.54, 1.807) is 0 Å². The Bertz CT molecular complexity index is 482. The molecule has 0 atom stereocenters. The average Bonchev–Trinajstić information content (AvgIpc) is 2.76. The van der Waals surface area contributed by atoms with E-state index in [0.717, 1.165) is 17.9 Å². The molecule has 3 nitrogen and oxygen atoms in total. The van der Waals surface area contributed by atoms with Crippen LogP contribution in [-0.2, 0) is 13.2 Å². The second kappa shape index (κ2) is 5.04. The van der Waals surface area contributed by atoms with Crippen molar-refractivity contribution in [3.63, 3.8) is 0 Å². The Kier molecular flexibility index (Phi) is 3.47. The van der Waals surface area contributed by atoms with Crippen molar-refractivity contribution in [3.8, 4) is 5.75 Å². The number of rotatable bonds is 4. The van der Waals surface area contributed by atoms with Crippen LogP contribution in [0.3, 0.4) is 0 Å². The molecule has 0 amide bonds. The van der Waals surface area contributed by atoms with Gasteiger partial charge in [0.15, 0.2) is 0 Å². The molecule has 0 unspecified atom stereocenters. The summed E-state index contributed by atoms with van der Waals surface area (Å²) in [5.74, 6) is 0.983. The smallest absolute Gasteiger partial charge is 0.125 e. The number of para-hydroxylation sites is 1. The first-order valence-corrected chi connectivity index (χ1v) is 5.91. The summed E-state index contributed by atoms with van der Waals surface area (Å²) in [4.78, 5) is 0. The van der Waals surface area contributed by atoms with Gasteiger partial charge in [0.05, 0.1) is 6.20 Å². The molecule has 17 heavy (non-hydrogen) atoms. The molecule has 1 aromatic carbocycles. The second-order valence-electron chi connectivity index (χ2n) is 4.21. The van der Waals surface area contributed by atoms with Crippen LogP contribution >= 0.6 is 0 Å². The second-order valence-corrected chi connectivity index (χ2v) is 4.21. The average molecular weight is 230 g/mol. The van der Waals surface area contributed by atoms with Gasteiger partial charge in [-0.05, 0) is 31.9 Å². The summed E-state index contributed by atoms with van der Waals surface area (Å²) >= 11 is 0. The molecule has 0 aliphatic carbocycles. The zero-order valence-electron chi connectivity index (χ0n) is 10.6. The fraction of sp³-hybridized carbons (Fsp3) is 0.357. The van der Waals surface area contributed by atoms with E-state index in [1.807, 2.05) is 23.1 Å². The van der Waals surface area contributed by atoms with Gasteiger partial charge in [0.1, 0.15) is 12.4 Å². The minimum Gasteiger partial charge on any atom is -0.488 e. The molecule has 2 aromatic rings. The third-order valence-electron chi connectivity index (χ3n) is 2.80. The summed E-state index contributed by atoms with van der Waals surface area (Å²) in [5, 5.41) is 4.23. The minimum atomic E-state index is 0.575. The molecular weight excluding hydrogens is 212 g/mol. The van der Waals surface area contributed by atoms with Crippen molar-refractivity contribution in [3.05, 3.63) is 47.3 Å². The van der Waals surface area contributed by atoms with Crippen molar-refractivity contribution in [2.45, 2.75) is 33.9 Å². The lowest BCUT2D eigenvalue weighted by atomic mass is 10.1. The highest BCUT2D eigenvalue weighted by Crippen LogP contribution is 2.23. The standard InChI is InChI=1S/C14H18N2O/c1-4-16-9-13(8-15-16)10-17-14-11(2)6-5-7-12(14)3/h5-9H,4,10H2,1-3H3. The molecule has 1 heterocycles. The molecule has 0 radical (unpaired) electrons. The highest BCUT2D eigenvalue weighted by Gasteiger charge is 2.04. The predicted octanol–water partition coefficient (Wildman–Crippen LogP) is 3.10. The van der Waals surface area contributed by atoms with E-state index in [4.69, 9.17) is 4.74 Å². The molecule has 0 saturated heterocycles. The number of nitrogens with zero attached hydrogens (tertiary/aromatic N) is 2. The Morgan fingerprint density at radius 3 is 2.53 bits per heavy atom. The van der Waals surface area contributed by atoms with Crippen LogP contribution in [0, 0.1) is 13.8 Å². The molecule has 0 bridgehead atoms. The molecule has 0 spiro atoms. The van der Waals surface area contributed by atoms with Crippen LogP contribution in [0.1, 0.15) is 23.6 Å². The van der Waals surface area contributed by atoms with Gasteiger partial charge in [0.2, 0.25) is 0 Å². The maximum Gasteiger partial charge on any atom is 0.125 e. The molecule has 0 saturated carbocycles. The van der Waals surface area contributed by atoms with Crippen molar-refractivity contribution in [1.29, 1.82) is 0 Å². The molecule has 0 N–H and O–H groups in total. The van der Waals surface area contributed by atoms with Crippen LogP contribution in [0.15, 0.2) is 30.6 Å². The van der Waals surface area contributed by atoms with Crippen molar-refractivity contribution in [1.82, 2.24) is 9.78 Å². The maximum atomic E-state index is 5.86. The lowest BCUT2D eigenvalue weighted by Gasteiger charge is -2.10. The first kappa shape index (κ1) is 11.7. The van der Waals surface area contributed by atoms with Crippen LogP contribution in [0.2, 0.25) is 0 Å². The van der Waals surface area contributed by atoms with Gasteiger partial charge in [-0.3, -0.25) is 4.68 Å². The molecular formula is C14H18N2O. The predicted molar refractivity (Wildman–Crippen MR) is 68.1 cm³/mol.